The normalized spacial score (nSPS) is 13.0. The summed E-state index contributed by atoms with van der Waals surface area (Å²) in [5.41, 5.74) is 0. The first kappa shape index (κ1) is 14.5. The van der Waals surface area contributed by atoms with Gasteiger partial charge in [0.05, 0.1) is 6.61 Å². The Bertz CT molecular complexity index is 195. The maximum atomic E-state index is 10.9. The topological polar surface area (TPSA) is 38.3 Å². The highest BCUT2D eigenvalue weighted by Gasteiger charge is 2.02. The first-order chi connectivity index (χ1) is 7.24. The molecular weight excluding hydrogens is 210 g/mol. The van der Waals surface area contributed by atoms with Crippen molar-refractivity contribution < 1.29 is 9.53 Å². The van der Waals surface area contributed by atoms with Gasteiger partial charge in [-0.3, -0.25) is 0 Å². The Labute approximate surface area is 96.6 Å². The lowest BCUT2D eigenvalue weighted by molar-refractivity contribution is -0.137. The minimum absolute atomic E-state index is 0.266. The van der Waals surface area contributed by atoms with Crippen molar-refractivity contribution in [3.63, 3.8) is 0 Å². The van der Waals surface area contributed by atoms with Crippen molar-refractivity contribution in [2.24, 2.45) is 0 Å². The molecular formula is C11H21NO2S. The van der Waals surface area contributed by atoms with Crippen molar-refractivity contribution in [2.75, 3.05) is 25.2 Å². The van der Waals surface area contributed by atoms with Crippen LogP contribution in [0.1, 0.15) is 20.3 Å². The van der Waals surface area contributed by atoms with Crippen LogP contribution in [0.2, 0.25) is 0 Å². The summed E-state index contributed by atoms with van der Waals surface area (Å²) in [7, 11) is 0. The molecule has 0 aromatic heterocycles. The molecule has 1 N–H and O–H groups in total. The van der Waals surface area contributed by atoms with E-state index < -0.39 is 0 Å². The molecule has 0 saturated heterocycles. The van der Waals surface area contributed by atoms with Crippen LogP contribution in [0.15, 0.2) is 12.2 Å². The van der Waals surface area contributed by atoms with Crippen LogP contribution in [-0.4, -0.2) is 37.2 Å². The van der Waals surface area contributed by atoms with Gasteiger partial charge in [-0.05, 0) is 19.6 Å². The molecule has 0 saturated carbocycles. The molecule has 0 aromatic rings. The Morgan fingerprint density at radius 2 is 2.27 bits per heavy atom. The average Bonchev–Trinajstić information content (AvgIpc) is 2.23. The summed E-state index contributed by atoms with van der Waals surface area (Å²) < 4.78 is 4.77. The van der Waals surface area contributed by atoms with Crippen molar-refractivity contribution in [2.45, 2.75) is 26.3 Å². The van der Waals surface area contributed by atoms with E-state index in [1.165, 1.54) is 6.08 Å². The van der Waals surface area contributed by atoms with E-state index in [1.54, 1.807) is 13.0 Å². The number of carbonyl (C=O) groups is 1. The third-order valence-electron chi connectivity index (χ3n) is 1.93. The second kappa shape index (κ2) is 10.1. The molecule has 0 aliphatic rings. The molecule has 1 unspecified atom stereocenters. The van der Waals surface area contributed by atoms with Gasteiger partial charge < -0.3 is 10.1 Å². The van der Waals surface area contributed by atoms with Crippen LogP contribution >= 0.6 is 11.8 Å². The zero-order valence-corrected chi connectivity index (χ0v) is 10.6. The fourth-order valence-corrected chi connectivity index (χ4v) is 1.86. The molecule has 0 bridgehead atoms. The third kappa shape index (κ3) is 8.51. The second-order valence-corrected chi connectivity index (χ2v) is 4.03. The molecule has 0 aromatic carbocycles. The molecule has 3 nitrogen and oxygen atoms in total. The molecule has 0 radical (unpaired) electrons. The summed E-state index contributed by atoms with van der Waals surface area (Å²) in [6.45, 7) is 5.11. The van der Waals surface area contributed by atoms with Crippen molar-refractivity contribution in [3.8, 4) is 0 Å². The van der Waals surface area contributed by atoms with Crippen molar-refractivity contribution >= 4 is 17.7 Å². The van der Waals surface area contributed by atoms with Crippen LogP contribution in [0.3, 0.4) is 0 Å². The summed E-state index contributed by atoms with van der Waals surface area (Å²) in [5.74, 6) is 0.834. The van der Waals surface area contributed by atoms with Crippen LogP contribution in [0.25, 0.3) is 0 Å². The highest BCUT2D eigenvalue weighted by molar-refractivity contribution is 7.98. The molecule has 1 atom stereocenters. The Balaban J connectivity index is 3.62. The maximum absolute atomic E-state index is 10.9. The number of thioether (sulfide) groups is 1. The van der Waals surface area contributed by atoms with E-state index in [1.807, 2.05) is 11.8 Å². The zero-order valence-electron chi connectivity index (χ0n) is 9.79. The number of esters is 1. The summed E-state index contributed by atoms with van der Waals surface area (Å²) in [5, 5.41) is 3.35. The van der Waals surface area contributed by atoms with E-state index in [4.69, 9.17) is 4.74 Å². The van der Waals surface area contributed by atoms with E-state index in [0.717, 1.165) is 18.7 Å². The van der Waals surface area contributed by atoms with Crippen LogP contribution in [-0.2, 0) is 9.53 Å². The second-order valence-electron chi connectivity index (χ2n) is 3.12. The van der Waals surface area contributed by atoms with E-state index in [2.05, 4.69) is 18.5 Å². The van der Waals surface area contributed by atoms with Gasteiger partial charge in [-0.25, -0.2) is 4.79 Å². The number of rotatable bonds is 8. The average molecular weight is 231 g/mol. The highest BCUT2D eigenvalue weighted by Crippen LogP contribution is 2.00. The van der Waals surface area contributed by atoms with Gasteiger partial charge in [0, 0.05) is 24.4 Å². The van der Waals surface area contributed by atoms with Gasteiger partial charge in [-0.1, -0.05) is 13.0 Å². The third-order valence-corrected chi connectivity index (χ3v) is 2.66. The fraction of sp³-hybridized carbons (Fsp3) is 0.727. The lowest BCUT2D eigenvalue weighted by atomic mass is 10.2. The molecule has 0 rings (SSSR count). The number of hydrogen-bond acceptors (Lipinski definition) is 4. The SMILES string of the molecule is CCOC(=O)/C=C/CNC(CC)CSC. The van der Waals surface area contributed by atoms with Gasteiger partial charge in [-0.15, -0.1) is 0 Å². The predicted molar refractivity (Wildman–Crippen MR) is 66.2 cm³/mol. The van der Waals surface area contributed by atoms with Crippen molar-refractivity contribution in [1.82, 2.24) is 5.32 Å². The van der Waals surface area contributed by atoms with Gasteiger partial charge in [-0.2, -0.15) is 11.8 Å². The molecule has 0 heterocycles. The van der Waals surface area contributed by atoms with E-state index in [0.29, 0.717) is 12.6 Å². The van der Waals surface area contributed by atoms with Gasteiger partial charge in [0.1, 0.15) is 0 Å². The molecule has 0 fully saturated rings. The smallest absolute Gasteiger partial charge is 0.330 e. The number of ether oxygens (including phenoxy) is 1. The summed E-state index contributed by atoms with van der Waals surface area (Å²) >= 11 is 1.83. The standard InChI is InChI=1S/C11H21NO2S/c1-4-10(9-15-3)12-8-6-7-11(13)14-5-2/h6-7,10,12H,4-5,8-9H2,1-3H3/b7-6+. The predicted octanol–water partition coefficient (Wildman–Crippen LogP) is 1.84. The summed E-state index contributed by atoms with van der Waals surface area (Å²) in [6.07, 6.45) is 6.48. The molecule has 0 aliphatic carbocycles. The minimum atomic E-state index is -0.266. The Morgan fingerprint density at radius 1 is 1.53 bits per heavy atom. The molecule has 0 aliphatic heterocycles. The Kier molecular flexibility index (Phi) is 9.73. The monoisotopic (exact) mass is 231 g/mol. The van der Waals surface area contributed by atoms with Crippen LogP contribution in [0, 0.1) is 0 Å². The van der Waals surface area contributed by atoms with Gasteiger partial charge in [0.25, 0.3) is 0 Å². The first-order valence-corrected chi connectivity index (χ1v) is 6.69. The van der Waals surface area contributed by atoms with Crippen LogP contribution < -0.4 is 5.32 Å². The number of nitrogens with one attached hydrogen (secondary N) is 1. The molecule has 0 spiro atoms. The number of carbonyl (C=O) groups excluding carboxylic acids is 1. The first-order valence-electron chi connectivity index (χ1n) is 5.30. The van der Waals surface area contributed by atoms with Crippen LogP contribution in [0.5, 0.6) is 0 Å². The number of hydrogen-bond donors (Lipinski definition) is 1. The highest BCUT2D eigenvalue weighted by atomic mass is 32.2. The lowest BCUT2D eigenvalue weighted by Crippen LogP contribution is -2.30. The van der Waals surface area contributed by atoms with E-state index in [-0.39, 0.29) is 5.97 Å². The molecule has 88 valence electrons. The van der Waals surface area contributed by atoms with Gasteiger partial charge in [0.2, 0.25) is 0 Å². The zero-order chi connectivity index (χ0) is 11.5. The fourth-order valence-electron chi connectivity index (χ4n) is 1.10. The van der Waals surface area contributed by atoms with Crippen LogP contribution in [0.4, 0.5) is 0 Å². The van der Waals surface area contributed by atoms with E-state index >= 15 is 0 Å². The van der Waals surface area contributed by atoms with Gasteiger partial charge in [0.15, 0.2) is 0 Å². The van der Waals surface area contributed by atoms with Gasteiger partial charge >= 0.3 is 5.97 Å². The Hall–Kier alpha value is -0.480. The maximum Gasteiger partial charge on any atom is 0.330 e. The van der Waals surface area contributed by atoms with Crippen molar-refractivity contribution in [3.05, 3.63) is 12.2 Å². The van der Waals surface area contributed by atoms with Crippen molar-refractivity contribution in [1.29, 1.82) is 0 Å². The lowest BCUT2D eigenvalue weighted by Gasteiger charge is -2.13. The largest absolute Gasteiger partial charge is 0.463 e. The summed E-state index contributed by atoms with van der Waals surface area (Å²) in [4.78, 5) is 10.9. The Morgan fingerprint density at radius 3 is 2.80 bits per heavy atom. The quantitative estimate of drug-likeness (QED) is 0.511. The molecule has 15 heavy (non-hydrogen) atoms. The van der Waals surface area contributed by atoms with E-state index in [9.17, 15) is 4.79 Å². The molecule has 4 heteroatoms. The molecule has 0 amide bonds. The minimum Gasteiger partial charge on any atom is -0.463 e. The summed E-state index contributed by atoms with van der Waals surface area (Å²) in [6, 6.07) is 0.520.